The van der Waals surface area contributed by atoms with Gasteiger partial charge in [0.25, 0.3) is 5.91 Å². The summed E-state index contributed by atoms with van der Waals surface area (Å²) >= 11 is 0. The van der Waals surface area contributed by atoms with E-state index < -0.39 is 0 Å². The van der Waals surface area contributed by atoms with E-state index in [2.05, 4.69) is 20.8 Å². The Hall–Kier alpha value is -2.57. The molecule has 0 fully saturated rings. The van der Waals surface area contributed by atoms with Crippen LogP contribution in [0.4, 0.5) is 11.7 Å². The lowest BCUT2D eigenvalue weighted by Crippen LogP contribution is -2.20. The lowest BCUT2D eigenvalue weighted by atomic mass is 10.2. The molecule has 0 saturated heterocycles. The molecule has 112 valence electrons. The monoisotopic (exact) mass is 290 g/mol. The second-order valence-electron chi connectivity index (χ2n) is 4.71. The standard InChI is InChI=1S/C14H18N4O3/c1-9(2)13-17-18-14(21-13)16-12(19)8-20-11-6-4-10(15-3)5-7-11/h4-7,9,15H,8H2,1-3H3,(H,16,18,19). The summed E-state index contributed by atoms with van der Waals surface area (Å²) in [5, 5.41) is 13.1. The maximum absolute atomic E-state index is 11.7. The topological polar surface area (TPSA) is 89.3 Å². The van der Waals surface area contributed by atoms with Crippen LogP contribution in [0.2, 0.25) is 0 Å². The smallest absolute Gasteiger partial charge is 0.322 e. The summed E-state index contributed by atoms with van der Waals surface area (Å²) in [5.41, 5.74) is 0.971. The number of ether oxygens (including phenoxy) is 1. The quantitative estimate of drug-likeness (QED) is 0.848. The summed E-state index contributed by atoms with van der Waals surface area (Å²) in [4.78, 5) is 11.7. The van der Waals surface area contributed by atoms with Crippen molar-refractivity contribution >= 4 is 17.6 Å². The number of rotatable bonds is 6. The first-order valence-corrected chi connectivity index (χ1v) is 6.62. The minimum Gasteiger partial charge on any atom is -0.484 e. The number of carbonyl (C=O) groups excluding carboxylic acids is 1. The van der Waals surface area contributed by atoms with Gasteiger partial charge in [-0.05, 0) is 24.3 Å². The van der Waals surface area contributed by atoms with Crippen LogP contribution in [0.15, 0.2) is 28.7 Å². The van der Waals surface area contributed by atoms with E-state index in [1.807, 2.05) is 33.0 Å². The molecule has 1 aromatic heterocycles. The molecule has 0 spiro atoms. The molecular weight excluding hydrogens is 272 g/mol. The Morgan fingerprint density at radius 3 is 2.57 bits per heavy atom. The van der Waals surface area contributed by atoms with Crippen molar-refractivity contribution in [1.29, 1.82) is 0 Å². The number of amides is 1. The summed E-state index contributed by atoms with van der Waals surface area (Å²) in [6, 6.07) is 7.36. The molecule has 1 heterocycles. The number of carbonyl (C=O) groups is 1. The van der Waals surface area contributed by atoms with E-state index in [1.165, 1.54) is 0 Å². The summed E-state index contributed by atoms with van der Waals surface area (Å²) < 4.78 is 10.6. The molecule has 1 aromatic carbocycles. The highest BCUT2D eigenvalue weighted by atomic mass is 16.5. The highest BCUT2D eigenvalue weighted by Crippen LogP contribution is 2.16. The molecule has 0 saturated carbocycles. The molecule has 0 atom stereocenters. The van der Waals surface area contributed by atoms with Crippen LogP contribution in [0, 0.1) is 0 Å². The van der Waals surface area contributed by atoms with Crippen LogP contribution in [-0.2, 0) is 4.79 Å². The van der Waals surface area contributed by atoms with Crippen molar-refractivity contribution in [2.45, 2.75) is 19.8 Å². The zero-order valence-electron chi connectivity index (χ0n) is 12.2. The minimum atomic E-state index is -0.355. The SMILES string of the molecule is CNc1ccc(OCC(=O)Nc2nnc(C(C)C)o2)cc1. The van der Waals surface area contributed by atoms with Crippen LogP contribution in [0.25, 0.3) is 0 Å². The average Bonchev–Trinajstić information content (AvgIpc) is 2.94. The number of hydrogen-bond donors (Lipinski definition) is 2. The first kappa shape index (κ1) is 14.8. The van der Waals surface area contributed by atoms with Crippen molar-refractivity contribution in [1.82, 2.24) is 10.2 Å². The van der Waals surface area contributed by atoms with Crippen LogP contribution >= 0.6 is 0 Å². The van der Waals surface area contributed by atoms with Crippen molar-refractivity contribution in [3.05, 3.63) is 30.2 Å². The van der Waals surface area contributed by atoms with E-state index in [4.69, 9.17) is 9.15 Å². The Kier molecular flexibility index (Phi) is 4.76. The van der Waals surface area contributed by atoms with Crippen molar-refractivity contribution in [2.24, 2.45) is 0 Å². The highest BCUT2D eigenvalue weighted by molar-refractivity contribution is 5.89. The summed E-state index contributed by atoms with van der Waals surface area (Å²) in [5.74, 6) is 0.850. The third kappa shape index (κ3) is 4.20. The van der Waals surface area contributed by atoms with E-state index in [1.54, 1.807) is 12.1 Å². The van der Waals surface area contributed by atoms with Crippen LogP contribution in [0.1, 0.15) is 25.7 Å². The van der Waals surface area contributed by atoms with Crippen molar-refractivity contribution in [2.75, 3.05) is 24.3 Å². The van der Waals surface area contributed by atoms with E-state index in [0.29, 0.717) is 11.6 Å². The Morgan fingerprint density at radius 2 is 2.00 bits per heavy atom. The van der Waals surface area contributed by atoms with Gasteiger partial charge in [0.2, 0.25) is 5.89 Å². The molecule has 0 aliphatic carbocycles. The second-order valence-corrected chi connectivity index (χ2v) is 4.71. The number of hydrogen-bond acceptors (Lipinski definition) is 6. The third-order valence-corrected chi connectivity index (χ3v) is 2.69. The fourth-order valence-corrected chi connectivity index (χ4v) is 1.54. The first-order chi connectivity index (χ1) is 10.1. The molecule has 2 rings (SSSR count). The molecule has 7 nitrogen and oxygen atoms in total. The molecule has 21 heavy (non-hydrogen) atoms. The van der Waals surface area contributed by atoms with Crippen LogP contribution in [0.5, 0.6) is 5.75 Å². The van der Waals surface area contributed by atoms with Crippen molar-refractivity contribution in [3.63, 3.8) is 0 Å². The number of benzene rings is 1. The fourth-order valence-electron chi connectivity index (χ4n) is 1.54. The van der Waals surface area contributed by atoms with Gasteiger partial charge < -0.3 is 14.5 Å². The van der Waals surface area contributed by atoms with Crippen LogP contribution in [0.3, 0.4) is 0 Å². The molecule has 0 aliphatic heterocycles. The van der Waals surface area contributed by atoms with Gasteiger partial charge in [-0.25, -0.2) is 0 Å². The Labute approximate surface area is 122 Å². The molecule has 0 aliphatic rings. The molecule has 7 heteroatoms. The van der Waals surface area contributed by atoms with Gasteiger partial charge >= 0.3 is 6.01 Å². The lowest BCUT2D eigenvalue weighted by molar-refractivity contribution is -0.118. The van der Waals surface area contributed by atoms with E-state index in [9.17, 15) is 4.79 Å². The predicted octanol–water partition coefficient (Wildman–Crippen LogP) is 2.25. The largest absolute Gasteiger partial charge is 0.484 e. The van der Waals surface area contributed by atoms with Gasteiger partial charge in [0.05, 0.1) is 0 Å². The maximum Gasteiger partial charge on any atom is 0.322 e. The Morgan fingerprint density at radius 1 is 1.29 bits per heavy atom. The van der Waals surface area contributed by atoms with Crippen molar-refractivity contribution in [3.8, 4) is 5.75 Å². The van der Waals surface area contributed by atoms with Gasteiger partial charge in [-0.15, -0.1) is 5.10 Å². The zero-order valence-corrected chi connectivity index (χ0v) is 12.2. The van der Waals surface area contributed by atoms with Gasteiger partial charge in [0.15, 0.2) is 6.61 Å². The molecule has 1 amide bonds. The summed E-state index contributed by atoms with van der Waals surface area (Å²) in [7, 11) is 1.83. The third-order valence-electron chi connectivity index (χ3n) is 2.69. The van der Waals surface area contributed by atoms with Crippen LogP contribution < -0.4 is 15.4 Å². The van der Waals surface area contributed by atoms with Gasteiger partial charge in [-0.3, -0.25) is 10.1 Å². The van der Waals surface area contributed by atoms with Gasteiger partial charge in [-0.2, -0.15) is 0 Å². The van der Waals surface area contributed by atoms with Crippen molar-refractivity contribution < 1.29 is 13.9 Å². The number of aromatic nitrogens is 2. The molecule has 2 aromatic rings. The summed E-state index contributed by atoms with van der Waals surface area (Å²) in [6.07, 6.45) is 0. The molecular formula is C14H18N4O3. The average molecular weight is 290 g/mol. The number of nitrogens with one attached hydrogen (secondary N) is 2. The Balaban J connectivity index is 1.83. The Bertz CT molecular complexity index is 593. The summed E-state index contributed by atoms with van der Waals surface area (Å²) in [6.45, 7) is 3.73. The molecule has 2 N–H and O–H groups in total. The lowest BCUT2D eigenvalue weighted by Gasteiger charge is -2.06. The fraction of sp³-hybridized carbons (Fsp3) is 0.357. The zero-order chi connectivity index (χ0) is 15.2. The number of anilines is 2. The second kappa shape index (κ2) is 6.74. The minimum absolute atomic E-state index is 0.0813. The number of nitrogens with zero attached hydrogens (tertiary/aromatic N) is 2. The van der Waals surface area contributed by atoms with Crippen LogP contribution in [-0.4, -0.2) is 29.8 Å². The molecule has 0 unspecified atom stereocenters. The normalized spacial score (nSPS) is 10.5. The van der Waals surface area contributed by atoms with E-state index in [0.717, 1.165) is 5.69 Å². The highest BCUT2D eigenvalue weighted by Gasteiger charge is 2.12. The van der Waals surface area contributed by atoms with Gasteiger partial charge in [0, 0.05) is 18.7 Å². The first-order valence-electron chi connectivity index (χ1n) is 6.62. The van der Waals surface area contributed by atoms with E-state index >= 15 is 0 Å². The van der Waals surface area contributed by atoms with Gasteiger partial charge in [0.1, 0.15) is 5.75 Å². The molecule has 0 radical (unpaired) electrons. The van der Waals surface area contributed by atoms with E-state index in [-0.39, 0.29) is 24.4 Å². The predicted molar refractivity (Wildman–Crippen MR) is 78.5 cm³/mol. The molecule has 0 bridgehead atoms. The maximum atomic E-state index is 11.7. The van der Waals surface area contributed by atoms with Gasteiger partial charge in [-0.1, -0.05) is 18.9 Å².